The fraction of sp³-hybridized carbons (Fsp3) is 0.389. The first-order chi connectivity index (χ1) is 12.1. The molecule has 7 heteroatoms. The number of nitrogens with one attached hydrogen (secondary N) is 1. The number of nitrogens with zero attached hydrogens (tertiary/aromatic N) is 3. The van der Waals surface area contributed by atoms with Crippen molar-refractivity contribution in [3.63, 3.8) is 0 Å². The summed E-state index contributed by atoms with van der Waals surface area (Å²) in [5.74, 6) is 0.519. The Kier molecular flexibility index (Phi) is 5.38. The Morgan fingerprint density at radius 2 is 1.96 bits per heavy atom. The topological polar surface area (TPSA) is 67.2 Å². The minimum atomic E-state index is -0.310. The van der Waals surface area contributed by atoms with Gasteiger partial charge in [0.1, 0.15) is 5.02 Å². The van der Waals surface area contributed by atoms with Gasteiger partial charge in [-0.2, -0.15) is 5.10 Å². The third-order valence-electron chi connectivity index (χ3n) is 4.58. The van der Waals surface area contributed by atoms with Gasteiger partial charge in [-0.1, -0.05) is 29.8 Å². The van der Waals surface area contributed by atoms with Gasteiger partial charge in [0.05, 0.1) is 11.9 Å². The van der Waals surface area contributed by atoms with Gasteiger partial charge in [-0.15, -0.1) is 0 Å². The Morgan fingerprint density at radius 1 is 1.28 bits per heavy atom. The predicted molar refractivity (Wildman–Crippen MR) is 98.0 cm³/mol. The molecule has 0 aliphatic carbocycles. The Balaban J connectivity index is 1.52. The van der Waals surface area contributed by atoms with Gasteiger partial charge < -0.3 is 10.2 Å². The lowest BCUT2D eigenvalue weighted by atomic mass is 9.96. The highest BCUT2D eigenvalue weighted by molar-refractivity contribution is 6.32. The number of carbonyl (C=O) groups excluding carboxylic acids is 1. The fourth-order valence-electron chi connectivity index (χ4n) is 2.99. The van der Waals surface area contributed by atoms with E-state index in [-0.39, 0.29) is 16.5 Å². The quantitative estimate of drug-likeness (QED) is 0.909. The Morgan fingerprint density at radius 3 is 2.64 bits per heavy atom. The zero-order valence-electron chi connectivity index (χ0n) is 14.1. The van der Waals surface area contributed by atoms with E-state index < -0.39 is 0 Å². The predicted octanol–water partition coefficient (Wildman–Crippen LogP) is 2.40. The molecule has 0 bridgehead atoms. The van der Waals surface area contributed by atoms with Crippen molar-refractivity contribution in [2.45, 2.75) is 12.8 Å². The highest BCUT2D eigenvalue weighted by Crippen LogP contribution is 2.21. The number of likely N-dealkylation sites (tertiary alicyclic amines) is 1. The van der Waals surface area contributed by atoms with E-state index in [1.165, 1.54) is 4.68 Å². The molecule has 1 aliphatic rings. The van der Waals surface area contributed by atoms with Crippen LogP contribution in [0.3, 0.4) is 0 Å². The molecule has 1 fully saturated rings. The molecule has 1 aromatic heterocycles. The summed E-state index contributed by atoms with van der Waals surface area (Å²) in [6.07, 6.45) is 3.40. The monoisotopic (exact) mass is 360 g/mol. The number of rotatable bonds is 4. The third-order valence-corrected chi connectivity index (χ3v) is 4.95. The molecule has 3 rings (SSSR count). The van der Waals surface area contributed by atoms with E-state index in [1.807, 2.05) is 35.2 Å². The molecule has 2 aromatic rings. The Bertz CT molecular complexity index is 798. The van der Waals surface area contributed by atoms with Crippen LogP contribution in [0.5, 0.6) is 0 Å². The van der Waals surface area contributed by atoms with Crippen molar-refractivity contribution in [2.75, 3.05) is 25.0 Å². The van der Waals surface area contributed by atoms with Crippen molar-refractivity contribution in [1.82, 2.24) is 14.7 Å². The lowest BCUT2D eigenvalue weighted by Gasteiger charge is -2.32. The van der Waals surface area contributed by atoms with Gasteiger partial charge in [-0.25, -0.2) is 4.68 Å². The van der Waals surface area contributed by atoms with Gasteiger partial charge in [0, 0.05) is 32.2 Å². The highest BCUT2D eigenvalue weighted by Gasteiger charge is 2.23. The van der Waals surface area contributed by atoms with E-state index in [4.69, 9.17) is 11.6 Å². The first-order valence-corrected chi connectivity index (χ1v) is 8.74. The lowest BCUT2D eigenvalue weighted by molar-refractivity contribution is 0.0695. The average Bonchev–Trinajstić information content (AvgIpc) is 2.66. The Labute approximate surface area is 151 Å². The molecule has 1 aromatic carbocycles. The van der Waals surface area contributed by atoms with Gasteiger partial charge in [0.15, 0.2) is 0 Å². The van der Waals surface area contributed by atoms with Crippen LogP contribution < -0.4 is 10.9 Å². The molecular weight excluding hydrogens is 340 g/mol. The summed E-state index contributed by atoms with van der Waals surface area (Å²) in [5, 5.41) is 7.35. The number of carbonyl (C=O) groups is 1. The molecule has 2 heterocycles. The molecule has 0 saturated carbocycles. The van der Waals surface area contributed by atoms with Gasteiger partial charge in [0.25, 0.3) is 11.5 Å². The maximum atomic E-state index is 12.4. The van der Waals surface area contributed by atoms with Crippen molar-refractivity contribution < 1.29 is 4.79 Å². The van der Waals surface area contributed by atoms with Crippen molar-refractivity contribution in [3.8, 4) is 0 Å². The third kappa shape index (κ3) is 4.02. The molecule has 0 atom stereocenters. The number of anilines is 1. The summed E-state index contributed by atoms with van der Waals surface area (Å²) in [4.78, 5) is 26.1. The molecule has 25 heavy (non-hydrogen) atoms. The maximum Gasteiger partial charge on any atom is 0.287 e. The van der Waals surface area contributed by atoms with E-state index in [0.29, 0.717) is 18.2 Å². The van der Waals surface area contributed by atoms with E-state index in [0.717, 1.165) is 31.5 Å². The van der Waals surface area contributed by atoms with Crippen LogP contribution in [-0.4, -0.2) is 40.2 Å². The molecule has 6 nitrogen and oxygen atoms in total. The van der Waals surface area contributed by atoms with Crippen LogP contribution in [0, 0.1) is 5.92 Å². The van der Waals surface area contributed by atoms with Crippen molar-refractivity contribution in [1.29, 1.82) is 0 Å². The number of piperidine rings is 1. The summed E-state index contributed by atoms with van der Waals surface area (Å²) < 4.78 is 1.21. The molecule has 0 spiro atoms. The summed E-state index contributed by atoms with van der Waals surface area (Å²) in [6, 6.07) is 9.37. The van der Waals surface area contributed by atoms with Gasteiger partial charge in [-0.05, 0) is 30.9 Å². The van der Waals surface area contributed by atoms with Gasteiger partial charge in [-0.3, -0.25) is 9.59 Å². The van der Waals surface area contributed by atoms with E-state index in [9.17, 15) is 9.59 Å². The standard InChI is InChI=1S/C18H21ClN4O2/c1-22-18(25)16(19)15(12-21-22)20-11-13-7-9-23(10-8-13)17(24)14-5-3-2-4-6-14/h2-6,12-13,20H,7-11H2,1H3. The Hall–Kier alpha value is -2.34. The van der Waals surface area contributed by atoms with E-state index in [1.54, 1.807) is 13.2 Å². The smallest absolute Gasteiger partial charge is 0.287 e. The van der Waals surface area contributed by atoms with Crippen LogP contribution in [0.4, 0.5) is 5.69 Å². The minimum Gasteiger partial charge on any atom is -0.382 e. The number of hydrogen-bond donors (Lipinski definition) is 1. The molecule has 0 radical (unpaired) electrons. The van der Waals surface area contributed by atoms with Crippen LogP contribution in [0.15, 0.2) is 41.3 Å². The molecule has 1 amide bonds. The number of aryl methyl sites for hydroxylation is 1. The summed E-state index contributed by atoms with van der Waals surface area (Å²) in [7, 11) is 1.57. The normalized spacial score (nSPS) is 15.2. The van der Waals surface area contributed by atoms with E-state index in [2.05, 4.69) is 10.4 Å². The average molecular weight is 361 g/mol. The highest BCUT2D eigenvalue weighted by atomic mass is 35.5. The molecule has 1 saturated heterocycles. The molecule has 0 unspecified atom stereocenters. The number of aromatic nitrogens is 2. The summed E-state index contributed by atoms with van der Waals surface area (Å²) >= 11 is 6.06. The second-order valence-electron chi connectivity index (χ2n) is 6.28. The molecular formula is C18H21ClN4O2. The first kappa shape index (κ1) is 17.5. The number of hydrogen-bond acceptors (Lipinski definition) is 4. The lowest BCUT2D eigenvalue weighted by Crippen LogP contribution is -2.40. The zero-order valence-corrected chi connectivity index (χ0v) is 14.9. The molecule has 132 valence electrons. The van der Waals surface area contributed by atoms with E-state index >= 15 is 0 Å². The van der Waals surface area contributed by atoms with Gasteiger partial charge >= 0.3 is 0 Å². The largest absolute Gasteiger partial charge is 0.382 e. The SMILES string of the molecule is Cn1ncc(NCC2CCN(C(=O)c3ccccc3)CC2)c(Cl)c1=O. The van der Waals surface area contributed by atoms with Crippen molar-refractivity contribution >= 4 is 23.2 Å². The van der Waals surface area contributed by atoms with Crippen LogP contribution in [0.25, 0.3) is 0 Å². The molecule has 1 aliphatic heterocycles. The van der Waals surface area contributed by atoms with Crippen molar-refractivity contribution in [2.24, 2.45) is 13.0 Å². The first-order valence-electron chi connectivity index (χ1n) is 8.36. The summed E-state index contributed by atoms with van der Waals surface area (Å²) in [5.41, 5.74) is 0.986. The van der Waals surface area contributed by atoms with Crippen LogP contribution in [0.1, 0.15) is 23.2 Å². The number of benzene rings is 1. The molecule has 1 N–H and O–H groups in total. The fourth-order valence-corrected chi connectivity index (χ4v) is 3.23. The number of halogens is 1. The summed E-state index contributed by atoms with van der Waals surface area (Å²) in [6.45, 7) is 2.19. The van der Waals surface area contributed by atoms with Crippen LogP contribution in [0.2, 0.25) is 5.02 Å². The van der Waals surface area contributed by atoms with Crippen LogP contribution in [-0.2, 0) is 7.05 Å². The minimum absolute atomic E-state index is 0.0887. The number of amides is 1. The van der Waals surface area contributed by atoms with Gasteiger partial charge in [0.2, 0.25) is 0 Å². The zero-order chi connectivity index (χ0) is 17.8. The maximum absolute atomic E-state index is 12.4. The second kappa shape index (κ2) is 7.70. The second-order valence-corrected chi connectivity index (χ2v) is 6.66. The van der Waals surface area contributed by atoms with Crippen LogP contribution >= 0.6 is 11.6 Å². The van der Waals surface area contributed by atoms with Crippen molar-refractivity contribution in [3.05, 3.63) is 57.5 Å².